The summed E-state index contributed by atoms with van der Waals surface area (Å²) in [6.07, 6.45) is 2.45. The molecule has 1 fully saturated rings. The molecule has 94 valence electrons. The quantitative estimate of drug-likeness (QED) is 0.741. The van der Waals surface area contributed by atoms with E-state index in [0.29, 0.717) is 13.1 Å². The van der Waals surface area contributed by atoms with Crippen molar-refractivity contribution in [2.24, 2.45) is 0 Å². The van der Waals surface area contributed by atoms with E-state index in [9.17, 15) is 19.1 Å². The zero-order valence-corrected chi connectivity index (χ0v) is 9.23. The van der Waals surface area contributed by atoms with Crippen LogP contribution in [-0.4, -0.2) is 32.6 Å². The van der Waals surface area contributed by atoms with Gasteiger partial charge in [-0.05, 0) is 12.8 Å². The number of aliphatic hydroxyl groups is 1. The first kappa shape index (κ1) is 12.0. The van der Waals surface area contributed by atoms with Crippen LogP contribution >= 0.6 is 0 Å². The van der Waals surface area contributed by atoms with Gasteiger partial charge in [0.15, 0.2) is 6.35 Å². The number of nitrogens with one attached hydrogen (secondary N) is 1. The third-order valence-electron chi connectivity index (χ3n) is 2.89. The van der Waals surface area contributed by atoms with Crippen LogP contribution in [0.4, 0.5) is 4.39 Å². The Bertz CT molecular complexity index is 504. The molecule has 0 radical (unpaired) electrons. The fourth-order valence-electron chi connectivity index (χ4n) is 1.96. The molecular formula is C10H14FN3O3. The second-order valence-corrected chi connectivity index (χ2v) is 4.09. The highest BCUT2D eigenvalue weighted by molar-refractivity contribution is 4.88. The molecular weight excluding hydrogens is 229 g/mol. The molecule has 0 aliphatic carbocycles. The molecule has 2 rings (SSSR count). The van der Waals surface area contributed by atoms with Gasteiger partial charge in [-0.3, -0.25) is 19.2 Å². The van der Waals surface area contributed by atoms with Gasteiger partial charge < -0.3 is 5.11 Å². The molecule has 0 aromatic carbocycles. The van der Waals surface area contributed by atoms with Gasteiger partial charge in [-0.25, -0.2) is 4.79 Å². The lowest BCUT2D eigenvalue weighted by molar-refractivity contribution is -0.0674. The number of hydrogen-bond acceptors (Lipinski definition) is 4. The van der Waals surface area contributed by atoms with Crippen LogP contribution in [0.3, 0.4) is 0 Å². The highest BCUT2D eigenvalue weighted by atomic mass is 19.1. The summed E-state index contributed by atoms with van der Waals surface area (Å²) in [5, 5.41) is 9.94. The summed E-state index contributed by atoms with van der Waals surface area (Å²) >= 11 is 0. The maximum Gasteiger partial charge on any atom is 0.331 e. The van der Waals surface area contributed by atoms with Crippen molar-refractivity contribution in [2.45, 2.75) is 25.6 Å². The lowest BCUT2D eigenvalue weighted by atomic mass is 10.1. The standard InChI is InChI=1S/C10H14FN3O3/c11-7-6-14(9(16)12-8(7)15)10(17)13-4-2-1-3-5-13/h6,10,17H,1-5H2,(H,12,15,16). The minimum absolute atomic E-state index is 0.647. The molecule has 1 aromatic rings. The number of hydrogen-bond donors (Lipinski definition) is 2. The molecule has 1 aliphatic heterocycles. The summed E-state index contributed by atoms with van der Waals surface area (Å²) in [7, 11) is 0. The van der Waals surface area contributed by atoms with Crippen molar-refractivity contribution < 1.29 is 9.50 Å². The molecule has 2 heterocycles. The van der Waals surface area contributed by atoms with Crippen LogP contribution in [0, 0.1) is 5.82 Å². The fraction of sp³-hybridized carbons (Fsp3) is 0.600. The Morgan fingerprint density at radius 2 is 1.94 bits per heavy atom. The molecule has 17 heavy (non-hydrogen) atoms. The van der Waals surface area contributed by atoms with E-state index in [-0.39, 0.29) is 0 Å². The molecule has 1 atom stereocenters. The Morgan fingerprint density at radius 1 is 1.29 bits per heavy atom. The monoisotopic (exact) mass is 243 g/mol. The van der Waals surface area contributed by atoms with Crippen molar-refractivity contribution in [1.29, 1.82) is 0 Å². The van der Waals surface area contributed by atoms with Gasteiger partial charge in [0.2, 0.25) is 5.82 Å². The van der Waals surface area contributed by atoms with Gasteiger partial charge in [0.05, 0.1) is 6.20 Å². The predicted molar refractivity (Wildman–Crippen MR) is 58.0 cm³/mol. The van der Waals surface area contributed by atoms with Crippen LogP contribution in [0.1, 0.15) is 25.6 Å². The summed E-state index contributed by atoms with van der Waals surface area (Å²) < 4.78 is 13.8. The Balaban J connectivity index is 2.29. The van der Waals surface area contributed by atoms with Gasteiger partial charge in [-0.1, -0.05) is 6.42 Å². The number of halogens is 1. The summed E-state index contributed by atoms with van der Waals surface area (Å²) in [5.41, 5.74) is -1.88. The molecule has 2 N–H and O–H groups in total. The van der Waals surface area contributed by atoms with Crippen LogP contribution in [0.5, 0.6) is 0 Å². The van der Waals surface area contributed by atoms with Crippen molar-refractivity contribution >= 4 is 0 Å². The number of aromatic nitrogens is 2. The van der Waals surface area contributed by atoms with Crippen LogP contribution in [0.15, 0.2) is 15.8 Å². The van der Waals surface area contributed by atoms with Gasteiger partial charge >= 0.3 is 5.69 Å². The van der Waals surface area contributed by atoms with E-state index in [4.69, 9.17) is 0 Å². The smallest absolute Gasteiger partial charge is 0.331 e. The minimum Gasteiger partial charge on any atom is -0.360 e. The van der Waals surface area contributed by atoms with Crippen molar-refractivity contribution in [1.82, 2.24) is 14.5 Å². The minimum atomic E-state index is -1.23. The third kappa shape index (κ3) is 2.45. The molecule has 6 nitrogen and oxygen atoms in total. The number of aromatic amines is 1. The molecule has 1 aromatic heterocycles. The van der Waals surface area contributed by atoms with Crippen molar-refractivity contribution in [3.05, 3.63) is 32.9 Å². The summed E-state index contributed by atoms with van der Waals surface area (Å²) in [5.74, 6) is -1.08. The van der Waals surface area contributed by atoms with Crippen molar-refractivity contribution in [3.8, 4) is 0 Å². The second-order valence-electron chi connectivity index (χ2n) is 4.09. The summed E-state index contributed by atoms with van der Waals surface area (Å²) in [4.78, 5) is 25.8. The Morgan fingerprint density at radius 3 is 2.59 bits per heavy atom. The second kappa shape index (κ2) is 4.80. The van der Waals surface area contributed by atoms with E-state index < -0.39 is 23.4 Å². The highest BCUT2D eigenvalue weighted by Crippen LogP contribution is 2.15. The van der Waals surface area contributed by atoms with E-state index in [1.165, 1.54) is 0 Å². The van der Waals surface area contributed by atoms with Gasteiger partial charge in [-0.2, -0.15) is 4.39 Å². The normalized spacial score (nSPS) is 19.2. The predicted octanol–water partition coefficient (Wildman–Crippen LogP) is -0.390. The lowest BCUT2D eigenvalue weighted by Gasteiger charge is -2.31. The van der Waals surface area contributed by atoms with Gasteiger partial charge in [0.25, 0.3) is 5.56 Å². The van der Waals surface area contributed by atoms with Crippen LogP contribution < -0.4 is 11.2 Å². The van der Waals surface area contributed by atoms with E-state index in [2.05, 4.69) is 0 Å². The molecule has 0 saturated carbocycles. The molecule has 7 heteroatoms. The van der Waals surface area contributed by atoms with Crippen molar-refractivity contribution in [2.75, 3.05) is 13.1 Å². The largest absolute Gasteiger partial charge is 0.360 e. The van der Waals surface area contributed by atoms with E-state index in [1.807, 2.05) is 4.98 Å². The molecule has 0 spiro atoms. The summed E-state index contributed by atoms with van der Waals surface area (Å²) in [6, 6.07) is 0. The fourth-order valence-corrected chi connectivity index (χ4v) is 1.96. The Hall–Kier alpha value is -1.47. The molecule has 0 amide bonds. The number of piperidine rings is 1. The van der Waals surface area contributed by atoms with Crippen LogP contribution in [0.25, 0.3) is 0 Å². The zero-order chi connectivity index (χ0) is 12.4. The Kier molecular flexibility index (Phi) is 3.39. The van der Waals surface area contributed by atoms with Crippen LogP contribution in [-0.2, 0) is 0 Å². The number of rotatable bonds is 2. The molecule has 0 bridgehead atoms. The Labute approximate surface area is 96.3 Å². The molecule has 1 aliphatic rings. The number of aliphatic hydroxyl groups excluding tert-OH is 1. The zero-order valence-electron chi connectivity index (χ0n) is 9.23. The van der Waals surface area contributed by atoms with Gasteiger partial charge in [-0.15, -0.1) is 0 Å². The maximum atomic E-state index is 13.1. The number of likely N-dealkylation sites (tertiary alicyclic amines) is 1. The van der Waals surface area contributed by atoms with Crippen LogP contribution in [0.2, 0.25) is 0 Å². The average Bonchev–Trinajstić information content (AvgIpc) is 2.34. The molecule has 1 saturated heterocycles. The van der Waals surface area contributed by atoms with Gasteiger partial charge in [0.1, 0.15) is 0 Å². The summed E-state index contributed by atoms with van der Waals surface area (Å²) in [6.45, 7) is 1.29. The first-order valence-electron chi connectivity index (χ1n) is 5.52. The third-order valence-corrected chi connectivity index (χ3v) is 2.89. The van der Waals surface area contributed by atoms with Gasteiger partial charge in [0, 0.05) is 13.1 Å². The first-order valence-corrected chi connectivity index (χ1v) is 5.52. The van der Waals surface area contributed by atoms with E-state index in [1.54, 1.807) is 4.90 Å². The lowest BCUT2D eigenvalue weighted by Crippen LogP contribution is -2.43. The van der Waals surface area contributed by atoms with E-state index >= 15 is 0 Å². The molecule has 1 unspecified atom stereocenters. The average molecular weight is 243 g/mol. The maximum absolute atomic E-state index is 13.1. The number of H-pyrrole nitrogens is 1. The topological polar surface area (TPSA) is 78.3 Å². The highest BCUT2D eigenvalue weighted by Gasteiger charge is 2.21. The SMILES string of the molecule is O=c1[nH]c(=O)n(C(O)N2CCCCC2)cc1F. The number of nitrogens with zero attached hydrogens (tertiary/aromatic N) is 2. The van der Waals surface area contributed by atoms with E-state index in [0.717, 1.165) is 30.0 Å². The first-order chi connectivity index (χ1) is 8.09. The van der Waals surface area contributed by atoms with Crippen molar-refractivity contribution in [3.63, 3.8) is 0 Å².